The highest BCUT2D eigenvalue weighted by Crippen LogP contribution is 2.27. The highest BCUT2D eigenvalue weighted by Gasteiger charge is 2.41. The van der Waals surface area contributed by atoms with E-state index in [1.807, 2.05) is 6.26 Å². The van der Waals surface area contributed by atoms with Crippen LogP contribution in [0.3, 0.4) is 0 Å². The molecule has 2 atom stereocenters. The van der Waals surface area contributed by atoms with E-state index in [0.717, 1.165) is 0 Å². The van der Waals surface area contributed by atoms with Crippen molar-refractivity contribution in [2.45, 2.75) is 42.7 Å². The van der Waals surface area contributed by atoms with Gasteiger partial charge in [-0.15, -0.1) is 0 Å². The minimum atomic E-state index is -3.97. The van der Waals surface area contributed by atoms with Crippen LogP contribution in [-0.2, 0) is 29.1 Å². The molecule has 2 amide bonds. The maximum Gasteiger partial charge on any atom is 0.305 e. The van der Waals surface area contributed by atoms with E-state index < -0.39 is 22.0 Å². The summed E-state index contributed by atoms with van der Waals surface area (Å²) in [6.45, 7) is 0.281. The molecule has 1 aliphatic heterocycles. The molecule has 0 spiro atoms. The van der Waals surface area contributed by atoms with Crippen molar-refractivity contribution in [1.82, 2.24) is 14.9 Å². The second kappa shape index (κ2) is 12.8. The Kier molecular flexibility index (Phi) is 10.5. The number of benzene rings is 1. The van der Waals surface area contributed by atoms with Gasteiger partial charge < -0.3 is 20.1 Å². The zero-order valence-corrected chi connectivity index (χ0v) is 20.7. The van der Waals surface area contributed by atoms with Gasteiger partial charge in [-0.05, 0) is 49.8 Å². The van der Waals surface area contributed by atoms with E-state index in [-0.39, 0.29) is 54.5 Å². The van der Waals surface area contributed by atoms with E-state index in [0.29, 0.717) is 18.6 Å². The first kappa shape index (κ1) is 26.9. The molecule has 0 bridgehead atoms. The number of thioether (sulfide) groups is 1. The Balaban J connectivity index is 2.18. The molecule has 184 valence electrons. The monoisotopic (exact) mass is 501 g/mol. The Morgan fingerprint density at radius 3 is 2.48 bits per heavy atom. The van der Waals surface area contributed by atoms with E-state index in [1.165, 1.54) is 42.4 Å². The van der Waals surface area contributed by atoms with Crippen molar-refractivity contribution < 1.29 is 32.3 Å². The number of methoxy groups -OCH3 is 2. The number of carbonyl (C=O) groups excluding carboxylic acids is 3. The van der Waals surface area contributed by atoms with Crippen molar-refractivity contribution in [2.24, 2.45) is 0 Å². The van der Waals surface area contributed by atoms with Crippen LogP contribution in [0.1, 0.15) is 25.7 Å². The number of nitrogens with one attached hydrogen (secondary N) is 2. The first-order valence-electron chi connectivity index (χ1n) is 10.5. The van der Waals surface area contributed by atoms with Gasteiger partial charge in [0.15, 0.2) is 0 Å². The number of carbonyl (C=O) groups is 3. The predicted molar refractivity (Wildman–Crippen MR) is 124 cm³/mol. The van der Waals surface area contributed by atoms with Crippen LogP contribution < -0.4 is 15.4 Å². The van der Waals surface area contributed by atoms with E-state index >= 15 is 0 Å². The van der Waals surface area contributed by atoms with Crippen LogP contribution in [0.25, 0.3) is 0 Å². The molecule has 10 nitrogen and oxygen atoms in total. The summed E-state index contributed by atoms with van der Waals surface area (Å²) in [6.07, 6.45) is 2.86. The number of amides is 2. The molecule has 1 fully saturated rings. The van der Waals surface area contributed by atoms with Gasteiger partial charge in [0.25, 0.3) is 0 Å². The number of nitrogens with zero attached hydrogens (tertiary/aromatic N) is 1. The molecule has 1 aliphatic rings. The molecule has 1 saturated heterocycles. The molecule has 0 aromatic heterocycles. The highest BCUT2D eigenvalue weighted by molar-refractivity contribution is 7.99. The van der Waals surface area contributed by atoms with Crippen LogP contribution in [0.4, 0.5) is 0 Å². The summed E-state index contributed by atoms with van der Waals surface area (Å²) < 4.78 is 37.5. The third-order valence-electron chi connectivity index (χ3n) is 5.25. The number of esters is 1. The molecule has 33 heavy (non-hydrogen) atoms. The van der Waals surface area contributed by atoms with Gasteiger partial charge in [0.05, 0.1) is 24.9 Å². The van der Waals surface area contributed by atoms with Crippen LogP contribution in [0, 0.1) is 0 Å². The summed E-state index contributed by atoms with van der Waals surface area (Å²) in [5, 5.41) is 5.60. The topological polar surface area (TPSA) is 131 Å². The molecule has 2 N–H and O–H groups in total. The molecule has 0 saturated carbocycles. The summed E-state index contributed by atoms with van der Waals surface area (Å²) >= 11 is 1.38. The Morgan fingerprint density at radius 2 is 1.88 bits per heavy atom. The molecule has 2 rings (SSSR count). The highest BCUT2D eigenvalue weighted by atomic mass is 32.2. The SMILES string of the molecule is COC(=O)CCCNC(=O)C1CC(NC(=O)CSC)CCN1S(=O)(=O)c1ccc(OC)cc1. The van der Waals surface area contributed by atoms with Crippen molar-refractivity contribution in [3.05, 3.63) is 24.3 Å². The van der Waals surface area contributed by atoms with Crippen molar-refractivity contribution in [3.8, 4) is 5.75 Å². The molecular weight excluding hydrogens is 470 g/mol. The fourth-order valence-electron chi connectivity index (χ4n) is 3.55. The van der Waals surface area contributed by atoms with E-state index in [4.69, 9.17) is 4.74 Å². The predicted octanol–water partition coefficient (Wildman–Crippen LogP) is 0.766. The first-order chi connectivity index (χ1) is 15.7. The van der Waals surface area contributed by atoms with Gasteiger partial charge in [-0.3, -0.25) is 14.4 Å². The number of hydrogen-bond acceptors (Lipinski definition) is 8. The second-order valence-corrected chi connectivity index (χ2v) is 10.3. The number of sulfonamides is 1. The standard InChI is InChI=1S/C21H31N3O7S2/c1-30-16-6-8-17(9-7-16)33(28,29)24-12-10-15(23-19(25)14-32-3)13-18(24)21(27)22-11-4-5-20(26)31-2/h6-9,15,18H,4-5,10-14H2,1-3H3,(H,22,27)(H,23,25). The maximum atomic E-state index is 13.3. The molecule has 1 heterocycles. The molecule has 1 aromatic rings. The zero-order chi connectivity index (χ0) is 24.4. The van der Waals surface area contributed by atoms with E-state index in [1.54, 1.807) is 12.1 Å². The van der Waals surface area contributed by atoms with E-state index in [9.17, 15) is 22.8 Å². The van der Waals surface area contributed by atoms with Crippen LogP contribution in [0.2, 0.25) is 0 Å². The van der Waals surface area contributed by atoms with Crippen LogP contribution in [0.5, 0.6) is 5.75 Å². The first-order valence-corrected chi connectivity index (χ1v) is 13.3. The van der Waals surface area contributed by atoms with Crippen molar-refractivity contribution in [2.75, 3.05) is 39.3 Å². The summed E-state index contributed by atoms with van der Waals surface area (Å²) in [5.41, 5.74) is 0. The van der Waals surface area contributed by atoms with Crippen LogP contribution >= 0.6 is 11.8 Å². The lowest BCUT2D eigenvalue weighted by atomic mass is 9.98. The summed E-state index contributed by atoms with van der Waals surface area (Å²) in [6, 6.07) is 4.65. The summed E-state index contributed by atoms with van der Waals surface area (Å²) in [4.78, 5) is 36.3. The number of piperidine rings is 1. The Hall–Kier alpha value is -2.31. The van der Waals surface area contributed by atoms with Crippen molar-refractivity contribution >= 4 is 39.6 Å². The third kappa shape index (κ3) is 7.61. The van der Waals surface area contributed by atoms with Crippen LogP contribution in [0.15, 0.2) is 29.2 Å². The van der Waals surface area contributed by atoms with Gasteiger partial charge in [0.1, 0.15) is 11.8 Å². The van der Waals surface area contributed by atoms with Gasteiger partial charge in [0, 0.05) is 25.6 Å². The largest absolute Gasteiger partial charge is 0.497 e. The minimum Gasteiger partial charge on any atom is -0.497 e. The van der Waals surface area contributed by atoms with Gasteiger partial charge in [-0.2, -0.15) is 16.1 Å². The average Bonchev–Trinajstić information content (AvgIpc) is 2.81. The lowest BCUT2D eigenvalue weighted by Crippen LogP contribution is -2.57. The normalized spacial score (nSPS) is 18.9. The molecule has 0 aliphatic carbocycles. The van der Waals surface area contributed by atoms with Crippen molar-refractivity contribution in [3.63, 3.8) is 0 Å². The molecule has 1 aromatic carbocycles. The molecule has 0 radical (unpaired) electrons. The Morgan fingerprint density at radius 1 is 1.18 bits per heavy atom. The lowest BCUT2D eigenvalue weighted by molar-refractivity contribution is -0.140. The van der Waals surface area contributed by atoms with Gasteiger partial charge >= 0.3 is 5.97 Å². The average molecular weight is 502 g/mol. The zero-order valence-electron chi connectivity index (χ0n) is 19.0. The smallest absolute Gasteiger partial charge is 0.305 e. The van der Waals surface area contributed by atoms with Gasteiger partial charge in [-0.1, -0.05) is 0 Å². The number of rotatable bonds is 11. The van der Waals surface area contributed by atoms with E-state index in [2.05, 4.69) is 15.4 Å². The van der Waals surface area contributed by atoms with Crippen LogP contribution in [-0.4, -0.2) is 81.9 Å². The van der Waals surface area contributed by atoms with Gasteiger partial charge in [0.2, 0.25) is 21.8 Å². The lowest BCUT2D eigenvalue weighted by Gasteiger charge is -2.37. The maximum absolute atomic E-state index is 13.3. The Labute approximate surface area is 198 Å². The van der Waals surface area contributed by atoms with Crippen molar-refractivity contribution in [1.29, 1.82) is 0 Å². The quantitative estimate of drug-likeness (QED) is 0.336. The Bertz CT molecular complexity index is 922. The minimum absolute atomic E-state index is 0.0525. The van der Waals surface area contributed by atoms with Gasteiger partial charge in [-0.25, -0.2) is 8.42 Å². The number of ether oxygens (including phenoxy) is 2. The second-order valence-electron chi connectivity index (χ2n) is 7.50. The number of hydrogen-bond donors (Lipinski definition) is 2. The molecule has 12 heteroatoms. The fraction of sp³-hybridized carbons (Fsp3) is 0.571. The molecule has 2 unspecified atom stereocenters. The molecular formula is C21H31N3O7S2. The third-order valence-corrected chi connectivity index (χ3v) is 7.72. The summed E-state index contributed by atoms with van der Waals surface area (Å²) in [7, 11) is -1.19. The fourth-order valence-corrected chi connectivity index (χ4v) is 5.51. The summed E-state index contributed by atoms with van der Waals surface area (Å²) in [5.74, 6) is -0.211.